The number of aryl methyl sites for hydroxylation is 1. The van der Waals surface area contributed by atoms with Gasteiger partial charge in [-0.3, -0.25) is 9.69 Å². The minimum Gasteiger partial charge on any atom is -0.339 e. The first kappa shape index (κ1) is 31.4. The Morgan fingerprint density at radius 1 is 0.894 bits per heavy atom. The first-order chi connectivity index (χ1) is 22.6. The van der Waals surface area contributed by atoms with Crippen LogP contribution in [0.15, 0.2) is 83.8 Å². The third-order valence-corrected chi connectivity index (χ3v) is 12.1. The van der Waals surface area contributed by atoms with Crippen LogP contribution in [-0.4, -0.2) is 71.5 Å². The maximum Gasteiger partial charge on any atom is 0.420 e. The van der Waals surface area contributed by atoms with E-state index in [2.05, 4.69) is 69.1 Å². The molecule has 2 amide bonds. The zero-order valence-electron chi connectivity index (χ0n) is 26.6. The molecule has 0 spiro atoms. The molecule has 2 N–H and O–H groups in total. The molecular formula is C36H41N5O5S. The van der Waals surface area contributed by atoms with E-state index in [1.54, 1.807) is 11.0 Å². The molecule has 0 aliphatic carbocycles. The fourth-order valence-electron chi connectivity index (χ4n) is 8.59. The largest absolute Gasteiger partial charge is 0.420 e. The first-order valence-corrected chi connectivity index (χ1v) is 17.9. The number of nitrogens with two attached hydrogens (primary N) is 1. The zero-order valence-corrected chi connectivity index (χ0v) is 27.4. The number of rotatable bonds is 8. The maximum atomic E-state index is 13.7. The van der Waals surface area contributed by atoms with Crippen LogP contribution in [0.2, 0.25) is 0 Å². The highest BCUT2D eigenvalue weighted by Gasteiger charge is 2.44. The number of piperidine rings is 2. The van der Waals surface area contributed by atoms with E-state index >= 15 is 0 Å². The molecule has 3 aliphatic heterocycles. The van der Waals surface area contributed by atoms with Crippen LogP contribution >= 0.6 is 0 Å². The van der Waals surface area contributed by atoms with Crippen molar-refractivity contribution in [1.82, 2.24) is 19.4 Å². The van der Waals surface area contributed by atoms with Gasteiger partial charge in [-0.15, -0.1) is 0 Å². The van der Waals surface area contributed by atoms with Gasteiger partial charge in [-0.1, -0.05) is 54.6 Å². The minimum atomic E-state index is -4.53. The summed E-state index contributed by atoms with van der Waals surface area (Å²) in [5, 5.41) is 0. The van der Waals surface area contributed by atoms with E-state index in [1.165, 1.54) is 42.1 Å². The predicted molar refractivity (Wildman–Crippen MR) is 178 cm³/mol. The molecule has 3 aromatic carbocycles. The average Bonchev–Trinajstić information content (AvgIpc) is 3.53. The fourth-order valence-corrected chi connectivity index (χ4v) is 9.56. The van der Waals surface area contributed by atoms with Gasteiger partial charge in [0.2, 0.25) is 0 Å². The summed E-state index contributed by atoms with van der Waals surface area (Å²) in [6.07, 6.45) is 5.76. The fraction of sp³-hybridized carbons (Fsp3) is 0.417. The van der Waals surface area contributed by atoms with E-state index in [-0.39, 0.29) is 15.9 Å². The molecule has 2 bridgehead atoms. The van der Waals surface area contributed by atoms with Gasteiger partial charge in [0.25, 0.3) is 5.91 Å². The Hall–Kier alpha value is -4.22. The second-order valence-corrected chi connectivity index (χ2v) is 14.8. The van der Waals surface area contributed by atoms with Crippen molar-refractivity contribution in [3.05, 3.63) is 95.8 Å². The summed E-state index contributed by atoms with van der Waals surface area (Å²) in [6, 6.07) is 26.4. The lowest BCUT2D eigenvalue weighted by Gasteiger charge is -2.45. The molecule has 2 unspecified atom stereocenters. The van der Waals surface area contributed by atoms with Gasteiger partial charge in [0.1, 0.15) is 10.7 Å². The molecule has 1 aromatic heterocycles. The number of carbonyl (C=O) groups excluding carboxylic acids is 2. The van der Waals surface area contributed by atoms with E-state index in [0.717, 1.165) is 50.0 Å². The second kappa shape index (κ2) is 12.4. The van der Waals surface area contributed by atoms with Crippen LogP contribution < -0.4 is 5.73 Å². The quantitative estimate of drug-likeness (QED) is 0.246. The Labute approximate surface area is 275 Å². The Balaban J connectivity index is 1.07. The van der Waals surface area contributed by atoms with Gasteiger partial charge in [0.15, 0.2) is 0 Å². The van der Waals surface area contributed by atoms with E-state index < -0.39 is 22.1 Å². The van der Waals surface area contributed by atoms with Crippen molar-refractivity contribution >= 4 is 33.2 Å². The summed E-state index contributed by atoms with van der Waals surface area (Å²) in [5.41, 5.74) is 8.44. The van der Waals surface area contributed by atoms with Gasteiger partial charge in [0.05, 0.1) is 16.6 Å². The highest BCUT2D eigenvalue weighted by Crippen LogP contribution is 2.45. The summed E-state index contributed by atoms with van der Waals surface area (Å²) in [6.45, 7) is 4.10. The number of carbonyl (C=O) groups is 2. The highest BCUT2D eigenvalue weighted by atomic mass is 32.2. The number of amides is 2. The Bertz CT molecular complexity index is 1890. The van der Waals surface area contributed by atoms with Crippen molar-refractivity contribution in [2.24, 2.45) is 5.73 Å². The average molecular weight is 656 g/mol. The topological polar surface area (TPSA) is 128 Å². The number of aromatic nitrogens is 2. The monoisotopic (exact) mass is 655 g/mol. The van der Waals surface area contributed by atoms with Gasteiger partial charge in [-0.2, -0.15) is 8.42 Å². The molecule has 3 fully saturated rings. The predicted octanol–water partition coefficient (Wildman–Crippen LogP) is 5.56. The molecule has 0 radical (unpaired) electrons. The van der Waals surface area contributed by atoms with Crippen molar-refractivity contribution in [1.29, 1.82) is 0 Å². The third kappa shape index (κ3) is 5.91. The Kier molecular flexibility index (Phi) is 8.30. The number of primary amides is 1. The summed E-state index contributed by atoms with van der Waals surface area (Å²) in [7, 11) is -4.53. The normalized spacial score (nSPS) is 22.7. The number of hydrogen-bond donors (Lipinski definition) is 1. The van der Waals surface area contributed by atoms with Crippen LogP contribution in [0.5, 0.6) is 0 Å². The van der Waals surface area contributed by atoms with Gasteiger partial charge < -0.3 is 19.4 Å². The van der Waals surface area contributed by atoms with Crippen LogP contribution in [0.4, 0.5) is 4.79 Å². The Morgan fingerprint density at radius 3 is 2.23 bits per heavy atom. The SMILES string of the molecule is Cc1nc2ccccc2n1C1CC2CCC(C1)N2CCC1(c2ccccc2)CCN(C(=O)c2ccccc2S(=O)(=O)OC(N)=O)CC1. The van der Waals surface area contributed by atoms with Gasteiger partial charge in [-0.25, -0.2) is 9.78 Å². The molecule has 47 heavy (non-hydrogen) atoms. The van der Waals surface area contributed by atoms with Crippen molar-refractivity contribution in [2.75, 3.05) is 19.6 Å². The molecule has 11 heteroatoms. The molecule has 0 saturated carbocycles. The summed E-state index contributed by atoms with van der Waals surface area (Å²) < 4.78 is 32.2. The van der Waals surface area contributed by atoms with E-state index in [0.29, 0.717) is 31.2 Å². The molecule has 10 nitrogen and oxygen atoms in total. The third-order valence-electron chi connectivity index (χ3n) is 10.8. The highest BCUT2D eigenvalue weighted by molar-refractivity contribution is 7.87. The van der Waals surface area contributed by atoms with Crippen molar-refractivity contribution in [2.45, 2.75) is 80.3 Å². The van der Waals surface area contributed by atoms with Crippen LogP contribution in [-0.2, 0) is 19.7 Å². The molecule has 4 heterocycles. The molecule has 7 rings (SSSR count). The lowest BCUT2D eigenvalue weighted by molar-refractivity contribution is 0.0603. The number of imidazole rings is 1. The molecule has 246 valence electrons. The molecule has 2 atom stereocenters. The van der Waals surface area contributed by atoms with E-state index in [1.807, 2.05) is 6.07 Å². The standard InChI is InChI=1S/C36H41N5O5S/c1-25-38-31-12-6-7-13-32(31)41(25)29-23-27-15-16-28(24-29)40(27)22-19-36(26-9-3-2-4-10-26)17-20-39(21-18-36)34(42)30-11-5-8-14-33(30)47(44,45)46-35(37)43/h2-14,27-29H,15-24H2,1H3,(H2,37,43). The summed E-state index contributed by atoms with van der Waals surface area (Å²) in [5.74, 6) is 0.690. The molecule has 4 aromatic rings. The van der Waals surface area contributed by atoms with Crippen LogP contribution in [0, 0.1) is 6.92 Å². The number of likely N-dealkylation sites (tertiary alicyclic amines) is 1. The summed E-state index contributed by atoms with van der Waals surface area (Å²) in [4.78, 5) is 33.9. The zero-order chi connectivity index (χ0) is 32.8. The number of fused-ring (bicyclic) bond motifs is 3. The van der Waals surface area contributed by atoms with Crippen LogP contribution in [0.3, 0.4) is 0 Å². The smallest absolute Gasteiger partial charge is 0.339 e. The van der Waals surface area contributed by atoms with Gasteiger partial charge in [0, 0.05) is 31.2 Å². The lowest BCUT2D eigenvalue weighted by Crippen LogP contribution is -2.49. The van der Waals surface area contributed by atoms with E-state index in [4.69, 9.17) is 10.7 Å². The number of nitrogens with zero attached hydrogens (tertiary/aromatic N) is 4. The van der Waals surface area contributed by atoms with E-state index in [9.17, 15) is 18.0 Å². The van der Waals surface area contributed by atoms with Crippen LogP contribution in [0.25, 0.3) is 11.0 Å². The minimum absolute atomic E-state index is 0.0266. The second-order valence-electron chi connectivity index (χ2n) is 13.3. The van der Waals surface area contributed by atoms with Crippen LogP contribution in [0.1, 0.15) is 72.7 Å². The van der Waals surface area contributed by atoms with Crippen molar-refractivity contribution < 1.29 is 22.2 Å². The number of hydrogen-bond acceptors (Lipinski definition) is 7. The summed E-state index contributed by atoms with van der Waals surface area (Å²) >= 11 is 0. The van der Waals surface area contributed by atoms with Crippen molar-refractivity contribution in [3.63, 3.8) is 0 Å². The molecule has 3 aliphatic rings. The van der Waals surface area contributed by atoms with Gasteiger partial charge >= 0.3 is 16.2 Å². The van der Waals surface area contributed by atoms with Crippen molar-refractivity contribution in [3.8, 4) is 0 Å². The lowest BCUT2D eigenvalue weighted by atomic mass is 9.70. The van der Waals surface area contributed by atoms with Gasteiger partial charge in [-0.05, 0) is 93.7 Å². The molecule has 3 saturated heterocycles. The Morgan fingerprint density at radius 2 is 1.53 bits per heavy atom. The first-order valence-electron chi connectivity index (χ1n) is 16.5. The molecular weight excluding hydrogens is 614 g/mol. The number of para-hydroxylation sites is 2. The maximum absolute atomic E-state index is 13.7. The number of benzene rings is 3.